The van der Waals surface area contributed by atoms with Crippen LogP contribution < -0.4 is 16.0 Å². The molecular weight excluding hydrogens is 358 g/mol. The summed E-state index contributed by atoms with van der Waals surface area (Å²) in [5.74, 6) is 1.77. The summed E-state index contributed by atoms with van der Waals surface area (Å²) in [6.07, 6.45) is 3.83. The smallest absolute Gasteiger partial charge is 0.173 e. The minimum absolute atomic E-state index is 0.114. The molecule has 10 heteroatoms. The summed E-state index contributed by atoms with van der Waals surface area (Å²) in [6.45, 7) is 4.67. The number of aromatic nitrogens is 5. The van der Waals surface area contributed by atoms with Crippen molar-refractivity contribution in [2.45, 2.75) is 26.3 Å². The van der Waals surface area contributed by atoms with Crippen molar-refractivity contribution < 1.29 is 5.11 Å². The molecule has 0 unspecified atom stereocenters. The Morgan fingerprint density at radius 1 is 1.43 bits per heavy atom. The summed E-state index contributed by atoms with van der Waals surface area (Å²) >= 11 is 0. The quantitative estimate of drug-likeness (QED) is 0.551. The van der Waals surface area contributed by atoms with Crippen LogP contribution in [0.3, 0.4) is 0 Å². The Morgan fingerprint density at radius 2 is 2.21 bits per heavy atom. The second kappa shape index (κ2) is 8.06. The molecule has 0 radical (unpaired) electrons. The number of nitrogens with one attached hydrogen (secondary N) is 1. The minimum atomic E-state index is -0.335. The topological polar surface area (TPSA) is 141 Å². The van der Waals surface area contributed by atoms with Crippen molar-refractivity contribution in [2.75, 3.05) is 36.1 Å². The fourth-order valence-electron chi connectivity index (χ4n) is 2.92. The number of hydrogen-bond acceptors (Lipinski definition) is 9. The Bertz CT molecular complexity index is 1020. The molecule has 0 fully saturated rings. The van der Waals surface area contributed by atoms with Crippen molar-refractivity contribution >= 4 is 23.0 Å². The number of nitrogens with zero attached hydrogens (tertiary/aromatic N) is 7. The first kappa shape index (κ1) is 19.3. The van der Waals surface area contributed by atoms with E-state index in [-0.39, 0.29) is 24.0 Å². The molecule has 3 aromatic heterocycles. The van der Waals surface area contributed by atoms with Crippen LogP contribution in [0.4, 0.5) is 17.5 Å². The standard InChI is InChI=1S/C18H23N9O/c1-11-5-7-27-14(11)18(26(3)6-4-8-28)24-16(25-27)12(2)23-17-13(9-19)15(20)21-10-22-17/h5,7,10,12,28H,4,6,8H2,1-3H3,(H3,20,21,22,23)/t12-/m0/s1. The largest absolute Gasteiger partial charge is 0.396 e. The minimum Gasteiger partial charge on any atom is -0.396 e. The van der Waals surface area contributed by atoms with Crippen molar-refractivity contribution in [3.8, 4) is 6.07 Å². The second-order valence-corrected chi connectivity index (χ2v) is 6.54. The van der Waals surface area contributed by atoms with Crippen LogP contribution in [-0.2, 0) is 0 Å². The third kappa shape index (κ3) is 3.65. The number of anilines is 3. The van der Waals surface area contributed by atoms with Gasteiger partial charge >= 0.3 is 0 Å². The highest BCUT2D eigenvalue weighted by molar-refractivity contribution is 5.73. The van der Waals surface area contributed by atoms with E-state index in [9.17, 15) is 5.26 Å². The predicted octanol–water partition coefficient (Wildman–Crippen LogP) is 1.27. The molecule has 10 nitrogen and oxygen atoms in total. The zero-order valence-corrected chi connectivity index (χ0v) is 16.1. The van der Waals surface area contributed by atoms with E-state index in [0.717, 1.165) is 16.9 Å². The molecule has 0 aliphatic carbocycles. The van der Waals surface area contributed by atoms with Crippen LogP contribution in [0.5, 0.6) is 0 Å². The molecule has 0 amide bonds. The van der Waals surface area contributed by atoms with Gasteiger partial charge < -0.3 is 21.1 Å². The fraction of sp³-hybridized carbons (Fsp3) is 0.389. The second-order valence-electron chi connectivity index (χ2n) is 6.54. The Balaban J connectivity index is 1.99. The Kier molecular flexibility index (Phi) is 5.56. The van der Waals surface area contributed by atoms with Crippen molar-refractivity contribution in [3.05, 3.63) is 35.5 Å². The highest BCUT2D eigenvalue weighted by atomic mass is 16.3. The number of aliphatic hydroxyl groups is 1. The maximum absolute atomic E-state index is 9.31. The van der Waals surface area contributed by atoms with Crippen LogP contribution >= 0.6 is 0 Å². The molecule has 0 aliphatic rings. The molecule has 0 aliphatic heterocycles. The van der Waals surface area contributed by atoms with Crippen molar-refractivity contribution in [1.29, 1.82) is 5.26 Å². The van der Waals surface area contributed by atoms with Gasteiger partial charge in [-0.05, 0) is 31.9 Å². The fourth-order valence-corrected chi connectivity index (χ4v) is 2.92. The number of nitrogens with two attached hydrogens (primary N) is 1. The molecule has 0 aromatic carbocycles. The van der Waals surface area contributed by atoms with Crippen molar-refractivity contribution in [1.82, 2.24) is 24.6 Å². The number of nitrogen functional groups attached to an aromatic ring is 1. The molecule has 146 valence electrons. The van der Waals surface area contributed by atoms with E-state index in [2.05, 4.69) is 20.4 Å². The van der Waals surface area contributed by atoms with Crippen LogP contribution in [0.15, 0.2) is 18.6 Å². The number of fused-ring (bicyclic) bond motifs is 1. The van der Waals surface area contributed by atoms with E-state index >= 15 is 0 Å². The van der Waals surface area contributed by atoms with Gasteiger partial charge in [0.2, 0.25) is 0 Å². The summed E-state index contributed by atoms with van der Waals surface area (Å²) in [7, 11) is 1.94. The molecule has 0 spiro atoms. The lowest BCUT2D eigenvalue weighted by Gasteiger charge is -2.22. The van der Waals surface area contributed by atoms with Gasteiger partial charge in [-0.15, -0.1) is 0 Å². The van der Waals surface area contributed by atoms with Crippen LogP contribution in [0, 0.1) is 18.3 Å². The molecular formula is C18H23N9O. The molecule has 4 N–H and O–H groups in total. The van der Waals surface area contributed by atoms with Gasteiger partial charge in [0.05, 0.1) is 6.04 Å². The number of aliphatic hydroxyl groups excluding tert-OH is 1. The average Bonchev–Trinajstić information content (AvgIpc) is 3.06. The molecule has 28 heavy (non-hydrogen) atoms. The van der Waals surface area contributed by atoms with Gasteiger partial charge in [-0.2, -0.15) is 10.4 Å². The Labute approximate surface area is 162 Å². The van der Waals surface area contributed by atoms with Crippen LogP contribution in [0.2, 0.25) is 0 Å². The van der Waals surface area contributed by atoms with E-state index in [1.165, 1.54) is 6.33 Å². The van der Waals surface area contributed by atoms with Crippen LogP contribution in [0.1, 0.15) is 36.3 Å². The molecule has 1 atom stereocenters. The van der Waals surface area contributed by atoms with E-state index in [0.29, 0.717) is 24.6 Å². The van der Waals surface area contributed by atoms with Gasteiger partial charge in [-0.25, -0.2) is 19.5 Å². The first-order valence-corrected chi connectivity index (χ1v) is 8.91. The van der Waals surface area contributed by atoms with Gasteiger partial charge in [0.15, 0.2) is 11.6 Å². The van der Waals surface area contributed by atoms with Crippen LogP contribution in [0.25, 0.3) is 5.52 Å². The van der Waals surface area contributed by atoms with Crippen LogP contribution in [-0.4, -0.2) is 49.9 Å². The zero-order valence-electron chi connectivity index (χ0n) is 16.1. The SMILES string of the molecule is Cc1ccn2nc([C@H](C)Nc3ncnc(N)c3C#N)nc(N(C)CCCO)c12. The first-order valence-electron chi connectivity index (χ1n) is 8.91. The number of hydrogen-bond donors (Lipinski definition) is 3. The maximum atomic E-state index is 9.31. The highest BCUT2D eigenvalue weighted by Crippen LogP contribution is 2.26. The number of rotatable bonds is 7. The molecule has 0 bridgehead atoms. The Hall–Kier alpha value is -3.45. The highest BCUT2D eigenvalue weighted by Gasteiger charge is 2.19. The zero-order chi connectivity index (χ0) is 20.3. The van der Waals surface area contributed by atoms with Gasteiger partial charge in [-0.3, -0.25) is 0 Å². The molecule has 0 saturated carbocycles. The molecule has 3 heterocycles. The predicted molar refractivity (Wildman–Crippen MR) is 106 cm³/mol. The number of nitriles is 1. The third-order valence-corrected chi connectivity index (χ3v) is 4.45. The lowest BCUT2D eigenvalue weighted by Crippen LogP contribution is -2.24. The molecule has 0 saturated heterocycles. The summed E-state index contributed by atoms with van der Waals surface area (Å²) in [5.41, 5.74) is 7.93. The van der Waals surface area contributed by atoms with E-state index in [4.69, 9.17) is 15.8 Å². The summed E-state index contributed by atoms with van der Waals surface area (Å²) in [5, 5.41) is 26.2. The van der Waals surface area contributed by atoms with Crippen molar-refractivity contribution in [2.24, 2.45) is 0 Å². The maximum Gasteiger partial charge on any atom is 0.173 e. The summed E-state index contributed by atoms with van der Waals surface area (Å²) in [4.78, 5) is 14.7. The average molecular weight is 381 g/mol. The monoisotopic (exact) mass is 381 g/mol. The molecule has 3 rings (SSSR count). The van der Waals surface area contributed by atoms with E-state index in [1.807, 2.05) is 44.1 Å². The summed E-state index contributed by atoms with van der Waals surface area (Å²) in [6, 6.07) is 3.66. The van der Waals surface area contributed by atoms with Gasteiger partial charge in [0.25, 0.3) is 0 Å². The number of aryl methyl sites for hydroxylation is 1. The van der Waals surface area contributed by atoms with Crippen molar-refractivity contribution in [3.63, 3.8) is 0 Å². The lowest BCUT2D eigenvalue weighted by molar-refractivity contribution is 0.290. The normalized spacial score (nSPS) is 12.0. The third-order valence-electron chi connectivity index (χ3n) is 4.45. The summed E-state index contributed by atoms with van der Waals surface area (Å²) < 4.78 is 1.79. The van der Waals surface area contributed by atoms with Gasteiger partial charge in [0, 0.05) is 26.4 Å². The van der Waals surface area contributed by atoms with E-state index in [1.54, 1.807) is 4.52 Å². The first-order chi connectivity index (χ1) is 13.5. The Morgan fingerprint density at radius 3 is 2.93 bits per heavy atom. The lowest BCUT2D eigenvalue weighted by atomic mass is 10.2. The van der Waals surface area contributed by atoms with E-state index < -0.39 is 0 Å². The molecule has 3 aromatic rings. The van der Waals surface area contributed by atoms with Gasteiger partial charge in [-0.1, -0.05) is 0 Å². The van der Waals surface area contributed by atoms with Gasteiger partial charge in [0.1, 0.15) is 35.1 Å².